The zero-order chi connectivity index (χ0) is 10.8. The molecule has 1 fully saturated rings. The first-order valence-corrected chi connectivity index (χ1v) is 4.75. The molecule has 0 aromatic carbocycles. The van der Waals surface area contributed by atoms with Crippen molar-refractivity contribution in [2.75, 3.05) is 40.0 Å². The minimum atomic E-state index is 0.0278. The average molecular weight is 205 g/mol. The van der Waals surface area contributed by atoms with Gasteiger partial charge in [-0.25, -0.2) is 0 Å². The van der Waals surface area contributed by atoms with Gasteiger partial charge in [-0.3, -0.25) is 4.79 Å². The second kappa shape index (κ2) is 8.93. The summed E-state index contributed by atoms with van der Waals surface area (Å²) in [6.07, 6.45) is 1.81. The molecule has 1 amide bonds. The van der Waals surface area contributed by atoms with Gasteiger partial charge in [0.25, 0.3) is 0 Å². The summed E-state index contributed by atoms with van der Waals surface area (Å²) in [5, 5.41) is 16.2. The van der Waals surface area contributed by atoms with E-state index in [2.05, 4.69) is 4.74 Å². The number of rotatable bonds is 4. The molecule has 84 valence electrons. The number of hydrogen-bond acceptors (Lipinski definition) is 4. The van der Waals surface area contributed by atoms with E-state index in [4.69, 9.17) is 10.2 Å². The highest BCUT2D eigenvalue weighted by Gasteiger charge is 2.14. The van der Waals surface area contributed by atoms with E-state index in [0.717, 1.165) is 19.4 Å². The lowest BCUT2D eigenvalue weighted by Crippen LogP contribution is -2.17. The van der Waals surface area contributed by atoms with Crippen molar-refractivity contribution in [2.24, 2.45) is 0 Å². The SMILES string of the molecule is CN1CCCC1=O.OCCOCCO. The van der Waals surface area contributed by atoms with Gasteiger partial charge in [-0.05, 0) is 6.42 Å². The third-order valence-corrected chi connectivity index (χ3v) is 1.78. The molecule has 0 atom stereocenters. The van der Waals surface area contributed by atoms with Crippen LogP contribution >= 0.6 is 0 Å². The van der Waals surface area contributed by atoms with Gasteiger partial charge < -0.3 is 19.8 Å². The Kier molecular flexibility index (Phi) is 8.51. The maximum absolute atomic E-state index is 10.5. The predicted molar refractivity (Wildman–Crippen MR) is 51.9 cm³/mol. The van der Waals surface area contributed by atoms with Crippen LogP contribution in [-0.2, 0) is 9.53 Å². The highest BCUT2D eigenvalue weighted by molar-refractivity contribution is 5.77. The van der Waals surface area contributed by atoms with Crippen LogP contribution in [0.4, 0.5) is 0 Å². The largest absolute Gasteiger partial charge is 0.394 e. The van der Waals surface area contributed by atoms with Gasteiger partial charge in [0.2, 0.25) is 5.91 Å². The molecule has 0 bridgehead atoms. The molecule has 5 heteroatoms. The molecule has 0 radical (unpaired) electrons. The summed E-state index contributed by atoms with van der Waals surface area (Å²) in [4.78, 5) is 12.3. The van der Waals surface area contributed by atoms with E-state index in [1.165, 1.54) is 0 Å². The molecular weight excluding hydrogens is 186 g/mol. The van der Waals surface area contributed by atoms with Gasteiger partial charge in [0, 0.05) is 20.0 Å². The smallest absolute Gasteiger partial charge is 0.222 e. The maximum Gasteiger partial charge on any atom is 0.222 e. The Morgan fingerprint density at radius 2 is 1.93 bits per heavy atom. The van der Waals surface area contributed by atoms with Crippen LogP contribution in [0.25, 0.3) is 0 Å². The van der Waals surface area contributed by atoms with Crippen LogP contribution in [0.5, 0.6) is 0 Å². The summed E-state index contributed by atoms with van der Waals surface area (Å²) in [6.45, 7) is 1.65. The molecule has 0 spiro atoms. The lowest BCUT2D eigenvalue weighted by atomic mass is 10.4. The number of nitrogens with zero attached hydrogens (tertiary/aromatic N) is 1. The lowest BCUT2D eigenvalue weighted by Gasteiger charge is -2.03. The van der Waals surface area contributed by atoms with E-state index in [-0.39, 0.29) is 13.2 Å². The fourth-order valence-electron chi connectivity index (χ4n) is 1.01. The van der Waals surface area contributed by atoms with Gasteiger partial charge in [-0.2, -0.15) is 0 Å². The van der Waals surface area contributed by atoms with Crippen molar-refractivity contribution in [2.45, 2.75) is 12.8 Å². The summed E-state index contributed by atoms with van der Waals surface area (Å²) in [7, 11) is 1.84. The average Bonchev–Trinajstić information content (AvgIpc) is 2.53. The highest BCUT2D eigenvalue weighted by atomic mass is 16.5. The Balaban J connectivity index is 0.000000241. The number of carbonyl (C=O) groups excluding carboxylic acids is 1. The van der Waals surface area contributed by atoms with E-state index in [0.29, 0.717) is 19.1 Å². The molecule has 0 aromatic rings. The zero-order valence-corrected chi connectivity index (χ0v) is 8.61. The van der Waals surface area contributed by atoms with Crippen LogP contribution in [0.15, 0.2) is 0 Å². The van der Waals surface area contributed by atoms with E-state index >= 15 is 0 Å². The van der Waals surface area contributed by atoms with Crippen LogP contribution in [-0.4, -0.2) is 61.0 Å². The van der Waals surface area contributed by atoms with Crippen LogP contribution in [0, 0.1) is 0 Å². The Hall–Kier alpha value is -0.650. The molecule has 1 aliphatic rings. The molecule has 1 saturated heterocycles. The summed E-state index contributed by atoms with van der Waals surface area (Å²) < 4.78 is 4.63. The standard InChI is InChI=1S/C5H9NO.C4H10O3/c1-6-4-2-3-5(6)7;5-1-3-7-4-2-6/h2-4H2,1H3;5-6H,1-4H2. The van der Waals surface area contributed by atoms with Crippen LogP contribution in [0.1, 0.15) is 12.8 Å². The van der Waals surface area contributed by atoms with Crippen molar-refractivity contribution in [3.63, 3.8) is 0 Å². The molecule has 5 nitrogen and oxygen atoms in total. The summed E-state index contributed by atoms with van der Waals surface area (Å²) in [5.41, 5.74) is 0. The zero-order valence-electron chi connectivity index (χ0n) is 8.61. The van der Waals surface area contributed by atoms with Crippen molar-refractivity contribution in [3.05, 3.63) is 0 Å². The fraction of sp³-hybridized carbons (Fsp3) is 0.889. The molecule has 0 saturated carbocycles. The molecule has 1 aliphatic heterocycles. The van der Waals surface area contributed by atoms with Gasteiger partial charge in [-0.1, -0.05) is 0 Å². The van der Waals surface area contributed by atoms with E-state index < -0.39 is 0 Å². The van der Waals surface area contributed by atoms with Gasteiger partial charge >= 0.3 is 0 Å². The first kappa shape index (κ1) is 13.4. The second-order valence-electron chi connectivity index (χ2n) is 2.98. The normalized spacial score (nSPS) is 15.4. The second-order valence-corrected chi connectivity index (χ2v) is 2.98. The predicted octanol–water partition coefficient (Wildman–Crippen LogP) is -0.774. The third kappa shape index (κ3) is 6.82. The van der Waals surface area contributed by atoms with Gasteiger partial charge in [0.05, 0.1) is 26.4 Å². The minimum Gasteiger partial charge on any atom is -0.394 e. The number of aliphatic hydroxyl groups excluding tert-OH is 2. The van der Waals surface area contributed by atoms with E-state index in [1.807, 2.05) is 7.05 Å². The summed E-state index contributed by atoms with van der Waals surface area (Å²) >= 11 is 0. The molecule has 0 unspecified atom stereocenters. The minimum absolute atomic E-state index is 0.0278. The summed E-state index contributed by atoms with van der Waals surface area (Å²) in [5.74, 6) is 0.292. The van der Waals surface area contributed by atoms with Crippen LogP contribution in [0.3, 0.4) is 0 Å². The molecule has 0 aromatic heterocycles. The molecular formula is C9H19NO4. The Bertz CT molecular complexity index is 148. The lowest BCUT2D eigenvalue weighted by molar-refractivity contribution is -0.126. The van der Waals surface area contributed by atoms with Crippen molar-refractivity contribution < 1.29 is 19.7 Å². The fourth-order valence-corrected chi connectivity index (χ4v) is 1.01. The first-order chi connectivity index (χ1) is 6.72. The molecule has 14 heavy (non-hydrogen) atoms. The van der Waals surface area contributed by atoms with Crippen LogP contribution in [0.2, 0.25) is 0 Å². The van der Waals surface area contributed by atoms with E-state index in [9.17, 15) is 4.79 Å². The monoisotopic (exact) mass is 205 g/mol. The molecule has 2 N–H and O–H groups in total. The van der Waals surface area contributed by atoms with Crippen molar-refractivity contribution in [1.29, 1.82) is 0 Å². The topological polar surface area (TPSA) is 70.0 Å². The number of ether oxygens (including phenoxy) is 1. The maximum atomic E-state index is 10.5. The van der Waals surface area contributed by atoms with Gasteiger partial charge in [0.15, 0.2) is 0 Å². The van der Waals surface area contributed by atoms with Gasteiger partial charge in [-0.15, -0.1) is 0 Å². The highest BCUT2D eigenvalue weighted by Crippen LogP contribution is 2.04. The molecule has 1 heterocycles. The third-order valence-electron chi connectivity index (χ3n) is 1.78. The number of amides is 1. The molecule has 0 aliphatic carbocycles. The molecule has 1 rings (SSSR count). The van der Waals surface area contributed by atoms with Crippen molar-refractivity contribution in [1.82, 2.24) is 4.90 Å². The number of hydrogen-bond donors (Lipinski definition) is 2. The van der Waals surface area contributed by atoms with Crippen LogP contribution < -0.4 is 0 Å². The van der Waals surface area contributed by atoms with Crippen molar-refractivity contribution in [3.8, 4) is 0 Å². The first-order valence-electron chi connectivity index (χ1n) is 4.75. The number of likely N-dealkylation sites (tertiary alicyclic amines) is 1. The van der Waals surface area contributed by atoms with Gasteiger partial charge in [0.1, 0.15) is 0 Å². The number of aliphatic hydroxyl groups is 2. The Morgan fingerprint density at radius 3 is 2.14 bits per heavy atom. The van der Waals surface area contributed by atoms with Crippen molar-refractivity contribution >= 4 is 5.91 Å². The quantitative estimate of drug-likeness (QED) is 0.591. The Morgan fingerprint density at radius 1 is 1.36 bits per heavy atom. The number of carbonyl (C=O) groups is 1. The van der Waals surface area contributed by atoms with E-state index in [1.54, 1.807) is 4.90 Å². The Labute approximate surface area is 84.3 Å². The summed E-state index contributed by atoms with van der Waals surface area (Å²) in [6, 6.07) is 0.